The Morgan fingerprint density at radius 2 is 1.79 bits per heavy atom. The summed E-state index contributed by atoms with van der Waals surface area (Å²) < 4.78 is 21.3. The van der Waals surface area contributed by atoms with Gasteiger partial charge in [0, 0.05) is 13.2 Å². The number of aliphatic carboxylic acids is 1. The summed E-state index contributed by atoms with van der Waals surface area (Å²) >= 11 is 0. The van der Waals surface area contributed by atoms with Gasteiger partial charge >= 0.3 is 13.8 Å². The molecule has 1 unspecified atom stereocenters. The molecule has 0 aliphatic heterocycles. The summed E-state index contributed by atoms with van der Waals surface area (Å²) in [7, 11) is -4.48. The molecule has 1 atom stereocenters. The molecule has 24 heavy (non-hydrogen) atoms. The number of carboxylic acids is 1. The van der Waals surface area contributed by atoms with Crippen LogP contribution in [0, 0.1) is 11.3 Å². The lowest BCUT2D eigenvalue weighted by Gasteiger charge is -2.22. The van der Waals surface area contributed by atoms with Gasteiger partial charge < -0.3 is 19.6 Å². The van der Waals surface area contributed by atoms with E-state index in [0.29, 0.717) is 26.1 Å². The summed E-state index contributed by atoms with van der Waals surface area (Å²) in [6, 6.07) is 0. The maximum Gasteiger partial charge on any atom is 0.469 e. The van der Waals surface area contributed by atoms with Crippen molar-refractivity contribution in [2.24, 2.45) is 11.3 Å². The van der Waals surface area contributed by atoms with Crippen LogP contribution in [-0.2, 0) is 18.6 Å². The van der Waals surface area contributed by atoms with Crippen LogP contribution >= 0.6 is 7.82 Å². The molecule has 7 nitrogen and oxygen atoms in total. The van der Waals surface area contributed by atoms with Gasteiger partial charge in [0.25, 0.3) is 0 Å². The van der Waals surface area contributed by atoms with Crippen molar-refractivity contribution < 1.29 is 33.5 Å². The number of ether oxygens (including phenoxy) is 1. The third-order valence-corrected chi connectivity index (χ3v) is 4.20. The maximum atomic E-state index is 11.0. The van der Waals surface area contributed by atoms with Crippen molar-refractivity contribution in [3.05, 3.63) is 0 Å². The number of unbranched alkanes of at least 4 members (excludes halogenated alkanes) is 1. The molecule has 0 saturated heterocycles. The Hall–Kier alpha value is -0.460. The number of phosphoric acid groups is 1. The van der Waals surface area contributed by atoms with Gasteiger partial charge in [0.2, 0.25) is 0 Å². The van der Waals surface area contributed by atoms with Crippen molar-refractivity contribution in [3.63, 3.8) is 0 Å². The summed E-state index contributed by atoms with van der Waals surface area (Å²) in [5, 5.41) is 8.82. The predicted octanol–water partition coefficient (Wildman–Crippen LogP) is 3.59. The molecule has 144 valence electrons. The second-order valence-electron chi connectivity index (χ2n) is 7.44. The number of carbonyl (C=O) groups is 1. The lowest BCUT2D eigenvalue weighted by Crippen LogP contribution is -2.18. The van der Waals surface area contributed by atoms with E-state index in [1.165, 1.54) is 0 Å². The predicted molar refractivity (Wildman–Crippen MR) is 91.7 cm³/mol. The van der Waals surface area contributed by atoms with E-state index in [2.05, 4.69) is 0 Å². The Morgan fingerprint density at radius 1 is 1.17 bits per heavy atom. The smallest absolute Gasteiger partial charge is 0.469 e. The number of phosphoric ester groups is 1. The standard InChI is InChI=1S/C16H33O7P/c1-13(2)11-14(23-24(19,20)21)7-10-22-9-6-5-8-16(3,4)12-15(17)18/h13-14H,5-12H2,1-4H3,(H,17,18)(H2,19,20,21). The highest BCUT2D eigenvalue weighted by molar-refractivity contribution is 7.46. The van der Waals surface area contributed by atoms with Gasteiger partial charge in [-0.15, -0.1) is 0 Å². The highest BCUT2D eigenvalue weighted by Gasteiger charge is 2.23. The fourth-order valence-corrected chi connectivity index (χ4v) is 3.14. The molecule has 0 rings (SSSR count). The minimum Gasteiger partial charge on any atom is -0.481 e. The third-order valence-electron chi connectivity index (χ3n) is 3.63. The van der Waals surface area contributed by atoms with Gasteiger partial charge in [-0.3, -0.25) is 9.32 Å². The minimum absolute atomic E-state index is 0.157. The first kappa shape index (κ1) is 23.5. The normalized spacial score (nSPS) is 14.1. The molecule has 0 aromatic carbocycles. The molecule has 0 saturated carbocycles. The lowest BCUT2D eigenvalue weighted by molar-refractivity contribution is -0.139. The van der Waals surface area contributed by atoms with E-state index in [1.807, 2.05) is 27.7 Å². The molecule has 0 aromatic heterocycles. The fourth-order valence-electron chi connectivity index (χ4n) is 2.56. The van der Waals surface area contributed by atoms with Crippen LogP contribution in [0.25, 0.3) is 0 Å². The molecular weight excluding hydrogens is 335 g/mol. The average molecular weight is 368 g/mol. The van der Waals surface area contributed by atoms with Gasteiger partial charge in [-0.25, -0.2) is 4.57 Å². The Bertz CT molecular complexity index is 403. The molecule has 8 heteroatoms. The van der Waals surface area contributed by atoms with Crippen LogP contribution in [0.2, 0.25) is 0 Å². The summed E-state index contributed by atoms with van der Waals surface area (Å²) in [6.07, 6.45) is 3.18. The number of hydrogen-bond acceptors (Lipinski definition) is 4. The van der Waals surface area contributed by atoms with Crippen molar-refractivity contribution >= 4 is 13.8 Å². The zero-order valence-corrected chi connectivity index (χ0v) is 16.1. The van der Waals surface area contributed by atoms with Crippen LogP contribution in [0.3, 0.4) is 0 Å². The van der Waals surface area contributed by atoms with Gasteiger partial charge in [-0.1, -0.05) is 34.1 Å². The van der Waals surface area contributed by atoms with E-state index in [9.17, 15) is 9.36 Å². The number of carboxylic acid groups (broad SMARTS) is 1. The topological polar surface area (TPSA) is 113 Å². The first-order chi connectivity index (χ1) is 10.9. The fraction of sp³-hybridized carbons (Fsp3) is 0.938. The highest BCUT2D eigenvalue weighted by Crippen LogP contribution is 2.39. The maximum absolute atomic E-state index is 11.0. The third kappa shape index (κ3) is 15.1. The molecule has 0 aromatic rings. The van der Waals surface area contributed by atoms with Gasteiger partial charge in [0.1, 0.15) is 0 Å². The van der Waals surface area contributed by atoms with Crippen molar-refractivity contribution in [2.45, 2.75) is 72.3 Å². The Balaban J connectivity index is 3.89. The van der Waals surface area contributed by atoms with Crippen LogP contribution in [0.1, 0.15) is 66.2 Å². The molecule has 3 N–H and O–H groups in total. The van der Waals surface area contributed by atoms with Crippen LogP contribution in [0.15, 0.2) is 0 Å². The van der Waals surface area contributed by atoms with Gasteiger partial charge in [0.15, 0.2) is 0 Å². The molecule has 0 fully saturated rings. The van der Waals surface area contributed by atoms with Crippen LogP contribution in [-0.4, -0.2) is 40.2 Å². The molecule has 0 heterocycles. The minimum atomic E-state index is -4.48. The van der Waals surface area contributed by atoms with E-state index < -0.39 is 19.9 Å². The Morgan fingerprint density at radius 3 is 2.29 bits per heavy atom. The lowest BCUT2D eigenvalue weighted by atomic mass is 9.84. The van der Waals surface area contributed by atoms with E-state index in [1.54, 1.807) is 0 Å². The van der Waals surface area contributed by atoms with Gasteiger partial charge in [-0.05, 0) is 37.0 Å². The SMILES string of the molecule is CC(C)CC(CCOCCCCC(C)(C)CC(=O)O)OP(=O)(O)O. The van der Waals surface area contributed by atoms with E-state index in [-0.39, 0.29) is 17.8 Å². The zero-order valence-electron chi connectivity index (χ0n) is 15.2. The molecule has 0 aliphatic rings. The molecular formula is C16H33O7P. The van der Waals surface area contributed by atoms with Gasteiger partial charge in [0.05, 0.1) is 12.5 Å². The molecule has 0 bridgehead atoms. The highest BCUT2D eigenvalue weighted by atomic mass is 31.2. The van der Waals surface area contributed by atoms with Crippen molar-refractivity contribution in [1.82, 2.24) is 0 Å². The van der Waals surface area contributed by atoms with Crippen molar-refractivity contribution in [2.75, 3.05) is 13.2 Å². The molecule has 0 spiro atoms. The first-order valence-corrected chi connectivity index (χ1v) is 9.98. The monoisotopic (exact) mass is 368 g/mol. The quantitative estimate of drug-likeness (QED) is 0.317. The van der Waals surface area contributed by atoms with E-state index in [4.69, 9.17) is 24.2 Å². The van der Waals surface area contributed by atoms with Gasteiger partial charge in [-0.2, -0.15) is 0 Å². The molecule has 0 radical (unpaired) electrons. The summed E-state index contributed by atoms with van der Waals surface area (Å²) in [6.45, 7) is 8.75. The van der Waals surface area contributed by atoms with E-state index in [0.717, 1.165) is 19.3 Å². The number of hydrogen-bond donors (Lipinski definition) is 3. The summed E-state index contributed by atoms with van der Waals surface area (Å²) in [4.78, 5) is 28.6. The number of rotatable bonds is 14. The molecule has 0 aliphatic carbocycles. The largest absolute Gasteiger partial charge is 0.481 e. The zero-order chi connectivity index (χ0) is 18.8. The Labute approximate surface area is 145 Å². The van der Waals surface area contributed by atoms with Crippen LogP contribution in [0.5, 0.6) is 0 Å². The summed E-state index contributed by atoms with van der Waals surface area (Å²) in [5.41, 5.74) is -0.217. The van der Waals surface area contributed by atoms with Crippen LogP contribution in [0.4, 0.5) is 0 Å². The molecule has 0 amide bonds. The van der Waals surface area contributed by atoms with E-state index >= 15 is 0 Å². The van der Waals surface area contributed by atoms with Crippen LogP contribution < -0.4 is 0 Å². The second kappa shape index (κ2) is 11.2. The Kier molecular flexibility index (Phi) is 11.0. The summed E-state index contributed by atoms with van der Waals surface area (Å²) in [5.74, 6) is -0.504. The van der Waals surface area contributed by atoms with Crippen molar-refractivity contribution in [1.29, 1.82) is 0 Å². The average Bonchev–Trinajstić information content (AvgIpc) is 2.32. The second-order valence-corrected chi connectivity index (χ2v) is 8.63. The van der Waals surface area contributed by atoms with Crippen molar-refractivity contribution in [3.8, 4) is 0 Å². The first-order valence-electron chi connectivity index (χ1n) is 8.45.